The standard InChI is InChI=1S/C17H15F6NO4S/c18-16(19,20)15(26,17(21,22)23)12-5-7-13(8-6-12)24-29(27,28)14-4-2-1-3-11(14)9-10-25/h1-8,24-26H,9-10H2. The fourth-order valence-electron chi connectivity index (χ4n) is 2.57. The van der Waals surface area contributed by atoms with E-state index in [4.69, 9.17) is 5.11 Å². The summed E-state index contributed by atoms with van der Waals surface area (Å²) >= 11 is 0. The number of rotatable bonds is 6. The molecule has 2 rings (SSSR count). The molecule has 0 radical (unpaired) electrons. The van der Waals surface area contributed by atoms with Crippen molar-refractivity contribution >= 4 is 15.7 Å². The predicted molar refractivity (Wildman–Crippen MR) is 90.5 cm³/mol. The Balaban J connectivity index is 2.39. The molecule has 0 aliphatic heterocycles. The van der Waals surface area contributed by atoms with Gasteiger partial charge in [-0.25, -0.2) is 8.42 Å². The van der Waals surface area contributed by atoms with Gasteiger partial charge < -0.3 is 10.2 Å². The van der Waals surface area contributed by atoms with Crippen LogP contribution in [0.5, 0.6) is 0 Å². The average molecular weight is 443 g/mol. The Hall–Kier alpha value is -2.31. The maximum atomic E-state index is 12.9. The predicted octanol–water partition coefficient (Wildman–Crippen LogP) is 3.33. The zero-order valence-corrected chi connectivity index (χ0v) is 15.2. The van der Waals surface area contributed by atoms with Gasteiger partial charge in [-0.05, 0) is 30.2 Å². The van der Waals surface area contributed by atoms with E-state index in [2.05, 4.69) is 0 Å². The lowest BCUT2D eigenvalue weighted by molar-refractivity contribution is -0.376. The second-order valence-corrected chi connectivity index (χ2v) is 7.62. The van der Waals surface area contributed by atoms with E-state index >= 15 is 0 Å². The minimum absolute atomic E-state index is 0.0141. The largest absolute Gasteiger partial charge is 0.430 e. The number of hydrogen-bond donors (Lipinski definition) is 3. The van der Waals surface area contributed by atoms with E-state index in [-0.39, 0.29) is 29.2 Å². The van der Waals surface area contributed by atoms with Crippen LogP contribution in [0.3, 0.4) is 0 Å². The van der Waals surface area contributed by atoms with E-state index in [1.54, 1.807) is 0 Å². The van der Waals surface area contributed by atoms with Gasteiger partial charge >= 0.3 is 12.4 Å². The molecule has 0 saturated heterocycles. The van der Waals surface area contributed by atoms with Crippen LogP contribution < -0.4 is 4.72 Å². The number of alkyl halides is 6. The van der Waals surface area contributed by atoms with E-state index in [0.29, 0.717) is 24.3 Å². The van der Waals surface area contributed by atoms with E-state index in [1.807, 2.05) is 4.72 Å². The number of nitrogens with one attached hydrogen (secondary N) is 1. The van der Waals surface area contributed by atoms with Crippen LogP contribution in [0, 0.1) is 0 Å². The van der Waals surface area contributed by atoms with Crippen LogP contribution in [-0.4, -0.2) is 37.6 Å². The Morgan fingerprint density at radius 2 is 1.38 bits per heavy atom. The molecule has 0 heterocycles. The van der Waals surface area contributed by atoms with E-state index in [1.165, 1.54) is 24.3 Å². The van der Waals surface area contributed by atoms with Crippen molar-refractivity contribution in [2.45, 2.75) is 29.3 Å². The maximum Gasteiger partial charge on any atom is 0.430 e. The second kappa shape index (κ2) is 7.84. The molecule has 2 aromatic carbocycles. The van der Waals surface area contributed by atoms with Crippen LogP contribution in [0.25, 0.3) is 0 Å². The van der Waals surface area contributed by atoms with Crippen LogP contribution in [0.2, 0.25) is 0 Å². The summed E-state index contributed by atoms with van der Waals surface area (Å²) in [7, 11) is -4.24. The molecule has 12 heteroatoms. The topological polar surface area (TPSA) is 86.6 Å². The zero-order valence-electron chi connectivity index (χ0n) is 14.4. The van der Waals surface area contributed by atoms with Gasteiger partial charge in [-0.1, -0.05) is 30.3 Å². The zero-order chi connectivity index (χ0) is 22.1. The Morgan fingerprint density at radius 1 is 0.862 bits per heavy atom. The number of aliphatic hydroxyl groups excluding tert-OH is 1. The quantitative estimate of drug-likeness (QED) is 0.598. The maximum absolute atomic E-state index is 12.9. The minimum Gasteiger partial charge on any atom is -0.396 e. The van der Waals surface area contributed by atoms with Crippen LogP contribution in [0.4, 0.5) is 32.0 Å². The minimum atomic E-state index is -6.05. The third-order valence-electron chi connectivity index (χ3n) is 4.02. The van der Waals surface area contributed by atoms with Gasteiger partial charge in [-0.2, -0.15) is 26.3 Å². The highest BCUT2D eigenvalue weighted by molar-refractivity contribution is 7.92. The summed E-state index contributed by atoms with van der Waals surface area (Å²) in [4.78, 5) is -0.208. The molecule has 5 nitrogen and oxygen atoms in total. The number of aliphatic hydroxyl groups is 2. The van der Waals surface area contributed by atoms with Crippen LogP contribution in [0.15, 0.2) is 53.4 Å². The fraction of sp³-hybridized carbons (Fsp3) is 0.294. The molecule has 2 aromatic rings. The molecule has 0 amide bonds. The number of hydrogen-bond acceptors (Lipinski definition) is 4. The van der Waals surface area contributed by atoms with Crippen molar-refractivity contribution < 1.29 is 45.0 Å². The number of benzene rings is 2. The van der Waals surface area contributed by atoms with Crippen molar-refractivity contribution in [3.05, 3.63) is 59.7 Å². The summed E-state index contributed by atoms with van der Waals surface area (Å²) in [5, 5.41) is 18.4. The van der Waals surface area contributed by atoms with Gasteiger partial charge in [0.05, 0.1) is 4.90 Å². The fourth-order valence-corrected chi connectivity index (χ4v) is 3.90. The SMILES string of the molecule is O=S(=O)(Nc1ccc(C(O)(C(F)(F)F)C(F)(F)F)cc1)c1ccccc1CCO. The average Bonchev–Trinajstić information content (AvgIpc) is 2.60. The Kier molecular flexibility index (Phi) is 6.21. The number of anilines is 1. The smallest absolute Gasteiger partial charge is 0.396 e. The normalized spacial score (nSPS) is 13.4. The third-order valence-corrected chi connectivity index (χ3v) is 5.50. The van der Waals surface area contributed by atoms with Crippen molar-refractivity contribution in [3.63, 3.8) is 0 Å². The van der Waals surface area contributed by atoms with Crippen LogP contribution >= 0.6 is 0 Å². The summed E-state index contributed by atoms with van der Waals surface area (Å²) in [5.41, 5.74) is -6.67. The first kappa shape index (κ1) is 23.0. The molecule has 0 aromatic heterocycles. The van der Waals surface area contributed by atoms with Gasteiger partial charge in [0.15, 0.2) is 0 Å². The molecule has 3 N–H and O–H groups in total. The molecule has 0 atom stereocenters. The highest BCUT2D eigenvalue weighted by atomic mass is 32.2. The van der Waals surface area contributed by atoms with Crippen molar-refractivity contribution in [2.24, 2.45) is 0 Å². The van der Waals surface area contributed by atoms with E-state index < -0.39 is 33.5 Å². The molecular weight excluding hydrogens is 428 g/mol. The monoisotopic (exact) mass is 443 g/mol. The Morgan fingerprint density at radius 3 is 1.86 bits per heavy atom. The molecule has 160 valence electrons. The van der Waals surface area contributed by atoms with Crippen LogP contribution in [-0.2, 0) is 22.0 Å². The lowest BCUT2D eigenvalue weighted by Crippen LogP contribution is -2.53. The molecule has 0 aliphatic rings. The third kappa shape index (κ3) is 4.49. The number of halogens is 6. The molecule has 0 spiro atoms. The molecule has 0 fully saturated rings. The lowest BCUT2D eigenvalue weighted by Gasteiger charge is -2.32. The molecule has 0 unspecified atom stereocenters. The summed E-state index contributed by atoms with van der Waals surface area (Å²) in [5.74, 6) is 0. The van der Waals surface area contributed by atoms with Crippen molar-refractivity contribution in [2.75, 3.05) is 11.3 Å². The Labute approximate surface area is 161 Å². The number of sulfonamides is 1. The molecular formula is C17H15F6NO4S. The summed E-state index contributed by atoms with van der Waals surface area (Å²) < 4.78 is 104. The molecule has 29 heavy (non-hydrogen) atoms. The first-order valence-electron chi connectivity index (χ1n) is 7.92. The van der Waals surface area contributed by atoms with Gasteiger partial charge in [-0.15, -0.1) is 0 Å². The lowest BCUT2D eigenvalue weighted by atomic mass is 9.92. The molecule has 0 bridgehead atoms. The van der Waals surface area contributed by atoms with Crippen molar-refractivity contribution in [1.82, 2.24) is 0 Å². The summed E-state index contributed by atoms with van der Waals surface area (Å²) in [6.07, 6.45) is -12.1. The first-order valence-corrected chi connectivity index (χ1v) is 9.40. The van der Waals surface area contributed by atoms with Crippen molar-refractivity contribution in [3.8, 4) is 0 Å². The van der Waals surface area contributed by atoms with Gasteiger partial charge in [0.1, 0.15) is 0 Å². The summed E-state index contributed by atoms with van der Waals surface area (Å²) in [6, 6.07) is 7.62. The molecule has 0 aliphatic carbocycles. The summed E-state index contributed by atoms with van der Waals surface area (Å²) in [6.45, 7) is -0.339. The highest BCUT2D eigenvalue weighted by Gasteiger charge is 2.71. The molecule has 0 saturated carbocycles. The van der Waals surface area contributed by atoms with E-state index in [0.717, 1.165) is 0 Å². The van der Waals surface area contributed by atoms with Gasteiger partial charge in [-0.3, -0.25) is 4.72 Å². The van der Waals surface area contributed by atoms with Crippen LogP contribution in [0.1, 0.15) is 11.1 Å². The van der Waals surface area contributed by atoms with Gasteiger partial charge in [0, 0.05) is 17.9 Å². The van der Waals surface area contributed by atoms with Gasteiger partial charge in [0.25, 0.3) is 15.6 Å². The first-order chi connectivity index (χ1) is 13.2. The highest BCUT2D eigenvalue weighted by Crippen LogP contribution is 2.50. The van der Waals surface area contributed by atoms with Gasteiger partial charge in [0.2, 0.25) is 0 Å². The Bertz CT molecular complexity index is 941. The van der Waals surface area contributed by atoms with Crippen molar-refractivity contribution in [1.29, 1.82) is 0 Å². The van der Waals surface area contributed by atoms with E-state index in [9.17, 15) is 39.9 Å². The second-order valence-electron chi connectivity index (χ2n) is 5.97.